The Bertz CT molecular complexity index is 945. The van der Waals surface area contributed by atoms with E-state index < -0.39 is 24.8 Å². The molecule has 0 aliphatic rings. The molecule has 1 N–H and O–H groups in total. The van der Waals surface area contributed by atoms with Crippen LogP contribution in [0.25, 0.3) is 0 Å². The zero-order chi connectivity index (χ0) is 22.2. The van der Waals surface area contributed by atoms with E-state index in [-0.39, 0.29) is 18.9 Å². The lowest BCUT2D eigenvalue weighted by molar-refractivity contribution is -0.0906. The molecule has 0 fully saturated rings. The van der Waals surface area contributed by atoms with Crippen LogP contribution in [0.4, 0.5) is 18.9 Å². The van der Waals surface area contributed by atoms with Gasteiger partial charge >= 0.3 is 13.8 Å². The van der Waals surface area contributed by atoms with Crippen LogP contribution in [-0.2, 0) is 13.6 Å². The molecule has 0 bridgehead atoms. The van der Waals surface area contributed by atoms with Crippen molar-refractivity contribution in [1.82, 2.24) is 0 Å². The highest BCUT2D eigenvalue weighted by molar-refractivity contribution is 7.59. The van der Waals surface area contributed by atoms with E-state index in [1.54, 1.807) is 24.3 Å². The second kappa shape index (κ2) is 10.3. The summed E-state index contributed by atoms with van der Waals surface area (Å²) in [7, 11) is -4.46. The van der Waals surface area contributed by atoms with Crippen LogP contribution in [0.2, 0.25) is 0 Å². The molecule has 0 amide bonds. The Morgan fingerprint density at radius 1 is 1.00 bits per heavy atom. The minimum atomic E-state index is -5.01. The maximum Gasteiger partial charge on any atom is 0.432 e. The third kappa shape index (κ3) is 6.10. The van der Waals surface area contributed by atoms with Gasteiger partial charge in [0.05, 0.1) is 13.2 Å². The van der Waals surface area contributed by atoms with Gasteiger partial charge in [-0.3, -0.25) is 4.57 Å². The van der Waals surface area contributed by atoms with E-state index in [0.717, 1.165) is 0 Å². The van der Waals surface area contributed by atoms with Gasteiger partial charge in [0.15, 0.2) is 5.31 Å². The third-order valence-corrected chi connectivity index (χ3v) is 5.67. The van der Waals surface area contributed by atoms with Crippen LogP contribution >= 0.6 is 7.60 Å². The number of nitrogens with one attached hydrogen (secondary N) is 1. The molecule has 0 radical (unpaired) electrons. The highest BCUT2D eigenvalue weighted by Crippen LogP contribution is 2.58. The number of hydrogen-bond donors (Lipinski definition) is 1. The smallest absolute Gasteiger partial charge is 0.432 e. The number of nitriles is 1. The van der Waals surface area contributed by atoms with Gasteiger partial charge in [0.2, 0.25) is 0 Å². The van der Waals surface area contributed by atoms with Crippen LogP contribution in [0.5, 0.6) is 11.5 Å². The quantitative estimate of drug-likeness (QED) is 0.356. The summed E-state index contributed by atoms with van der Waals surface area (Å²) in [6, 6.07) is 15.8. The Labute approximate surface area is 172 Å². The van der Waals surface area contributed by atoms with Crippen molar-refractivity contribution in [3.05, 3.63) is 65.6 Å². The van der Waals surface area contributed by atoms with Crippen LogP contribution in [0.3, 0.4) is 0 Å². The van der Waals surface area contributed by atoms with Crippen LogP contribution in [-0.4, -0.2) is 19.4 Å². The van der Waals surface area contributed by atoms with E-state index >= 15 is 0 Å². The molecule has 0 aliphatic carbocycles. The molecule has 2 aromatic carbocycles. The van der Waals surface area contributed by atoms with E-state index in [4.69, 9.17) is 13.8 Å². The van der Waals surface area contributed by atoms with E-state index in [9.17, 15) is 23.0 Å². The van der Waals surface area contributed by atoms with Crippen LogP contribution in [0, 0.1) is 11.3 Å². The first-order valence-corrected chi connectivity index (χ1v) is 10.5. The third-order valence-electron chi connectivity index (χ3n) is 3.60. The number of allylic oxidation sites excluding steroid dienone is 2. The summed E-state index contributed by atoms with van der Waals surface area (Å²) < 4.78 is 69.3. The summed E-state index contributed by atoms with van der Waals surface area (Å²) in [5.41, 5.74) is -1.50. The van der Waals surface area contributed by atoms with Crippen LogP contribution in [0.1, 0.15) is 13.8 Å². The Kier molecular flexibility index (Phi) is 8.07. The van der Waals surface area contributed by atoms with Crippen molar-refractivity contribution in [3.63, 3.8) is 0 Å². The fourth-order valence-electron chi connectivity index (χ4n) is 2.40. The Balaban J connectivity index is 2.37. The van der Waals surface area contributed by atoms with Crippen LogP contribution < -0.4 is 10.1 Å². The number of anilines is 1. The molecular weight excluding hydrogens is 420 g/mol. The Hall–Kier alpha value is -2.79. The molecule has 2 aromatic rings. The molecule has 2 rings (SSSR count). The first-order valence-electron chi connectivity index (χ1n) is 8.94. The minimum Gasteiger partial charge on any atom is -0.457 e. The van der Waals surface area contributed by atoms with E-state index in [0.29, 0.717) is 11.5 Å². The molecule has 30 heavy (non-hydrogen) atoms. The molecule has 10 heteroatoms. The lowest BCUT2D eigenvalue weighted by Crippen LogP contribution is -2.22. The molecule has 6 nitrogen and oxygen atoms in total. The Morgan fingerprint density at radius 3 is 2.00 bits per heavy atom. The summed E-state index contributed by atoms with van der Waals surface area (Å²) >= 11 is 0. The monoisotopic (exact) mass is 440 g/mol. The molecule has 0 unspecified atom stereocenters. The van der Waals surface area contributed by atoms with Gasteiger partial charge in [-0.25, -0.2) is 0 Å². The minimum absolute atomic E-state index is 0.00929. The van der Waals surface area contributed by atoms with Gasteiger partial charge in [0.1, 0.15) is 23.3 Å². The average molecular weight is 440 g/mol. The van der Waals surface area contributed by atoms with Crippen molar-refractivity contribution in [2.45, 2.75) is 20.0 Å². The van der Waals surface area contributed by atoms with Gasteiger partial charge in [-0.1, -0.05) is 18.2 Å². The molecule has 160 valence electrons. The topological polar surface area (TPSA) is 80.6 Å². The van der Waals surface area contributed by atoms with Crippen LogP contribution in [0.15, 0.2) is 65.6 Å². The van der Waals surface area contributed by atoms with Gasteiger partial charge in [0, 0.05) is 5.69 Å². The first kappa shape index (κ1) is 23.5. The summed E-state index contributed by atoms with van der Waals surface area (Å²) in [4.78, 5) is 0. The highest BCUT2D eigenvalue weighted by Gasteiger charge is 2.44. The van der Waals surface area contributed by atoms with Crippen molar-refractivity contribution in [3.8, 4) is 17.6 Å². The number of nitrogens with zero attached hydrogens (tertiary/aromatic N) is 1. The van der Waals surface area contributed by atoms with Gasteiger partial charge in [-0.05, 0) is 50.2 Å². The second-order valence-electron chi connectivity index (χ2n) is 5.73. The summed E-state index contributed by atoms with van der Waals surface area (Å²) in [5, 5.41) is 10.3. The van der Waals surface area contributed by atoms with Gasteiger partial charge < -0.3 is 19.1 Å². The zero-order valence-electron chi connectivity index (χ0n) is 16.3. The number of rotatable bonds is 9. The fourth-order valence-corrected chi connectivity index (χ4v) is 3.99. The lowest BCUT2D eigenvalue weighted by Gasteiger charge is -2.21. The summed E-state index contributed by atoms with van der Waals surface area (Å²) in [5.74, 6) is 0.967. The van der Waals surface area contributed by atoms with E-state index in [1.807, 2.05) is 6.07 Å². The normalized spacial score (nSPS) is 12.7. The fraction of sp³-hybridized carbons (Fsp3) is 0.250. The number of benzene rings is 2. The van der Waals surface area contributed by atoms with Gasteiger partial charge in [-0.2, -0.15) is 18.4 Å². The molecular formula is C20H20F3N2O4P. The molecule has 0 saturated carbocycles. The van der Waals surface area contributed by atoms with Crippen molar-refractivity contribution < 1.29 is 31.5 Å². The molecule has 0 atom stereocenters. The molecule has 0 spiro atoms. The van der Waals surface area contributed by atoms with E-state index in [1.165, 1.54) is 44.2 Å². The molecule has 0 aromatic heterocycles. The standard InChI is InChI=1S/C20H20F3N2O4P/c1-3-27-30(26,28-4-2)18(14-24)19(20(21,22)23)25-15-10-12-17(13-11-15)29-16-8-6-5-7-9-16/h5-13,25H,3-4H2,1-2H3/b19-18-. The van der Waals surface area contributed by atoms with E-state index in [2.05, 4.69) is 5.32 Å². The number of hydrogen-bond acceptors (Lipinski definition) is 6. The SMILES string of the molecule is CCOP(=O)(OCC)/C(C#N)=C(\Nc1ccc(Oc2ccccc2)cc1)C(F)(F)F. The van der Waals surface area contributed by atoms with Crippen molar-refractivity contribution >= 4 is 13.3 Å². The molecule has 0 saturated heterocycles. The molecule has 0 heterocycles. The Morgan fingerprint density at radius 2 is 1.53 bits per heavy atom. The zero-order valence-corrected chi connectivity index (χ0v) is 17.2. The highest BCUT2D eigenvalue weighted by atomic mass is 31.2. The maximum atomic E-state index is 13.7. The predicted molar refractivity (Wildman–Crippen MR) is 106 cm³/mol. The van der Waals surface area contributed by atoms with Gasteiger partial charge in [0.25, 0.3) is 0 Å². The van der Waals surface area contributed by atoms with Crippen molar-refractivity contribution in [2.75, 3.05) is 18.5 Å². The lowest BCUT2D eigenvalue weighted by atomic mass is 10.2. The van der Waals surface area contributed by atoms with Crippen molar-refractivity contribution in [2.24, 2.45) is 0 Å². The number of alkyl halides is 3. The summed E-state index contributed by atoms with van der Waals surface area (Å²) in [6.07, 6.45) is -5.01. The second-order valence-corrected chi connectivity index (χ2v) is 7.69. The predicted octanol–water partition coefficient (Wildman–Crippen LogP) is 6.45. The average Bonchev–Trinajstić information content (AvgIpc) is 2.69. The van der Waals surface area contributed by atoms with Gasteiger partial charge in [-0.15, -0.1) is 0 Å². The number of ether oxygens (including phenoxy) is 1. The maximum absolute atomic E-state index is 13.7. The largest absolute Gasteiger partial charge is 0.457 e. The molecule has 0 aliphatic heterocycles. The number of halogens is 3. The van der Waals surface area contributed by atoms with Crippen molar-refractivity contribution in [1.29, 1.82) is 5.26 Å². The first-order chi connectivity index (χ1) is 14.2. The number of para-hydroxylation sites is 1. The summed E-state index contributed by atoms with van der Waals surface area (Å²) in [6.45, 7) is 2.48.